The van der Waals surface area contributed by atoms with Crippen molar-refractivity contribution in [3.63, 3.8) is 0 Å². The van der Waals surface area contributed by atoms with Crippen molar-refractivity contribution in [1.82, 2.24) is 10.2 Å². The predicted octanol–water partition coefficient (Wildman–Crippen LogP) is 5.99. The first-order chi connectivity index (χ1) is 19.0. The lowest BCUT2D eigenvalue weighted by atomic mass is 10.0. The highest BCUT2D eigenvalue weighted by atomic mass is 35.5. The first kappa shape index (κ1) is 27.7. The zero-order chi connectivity index (χ0) is 27.6. The van der Waals surface area contributed by atoms with Gasteiger partial charge in [0.1, 0.15) is 6.04 Å². The van der Waals surface area contributed by atoms with Crippen molar-refractivity contribution in [3.05, 3.63) is 130 Å². The molecule has 1 N–H and O–H groups in total. The molecule has 0 aliphatic heterocycles. The van der Waals surface area contributed by atoms with Crippen molar-refractivity contribution in [2.75, 3.05) is 14.2 Å². The second kappa shape index (κ2) is 13.5. The van der Waals surface area contributed by atoms with E-state index in [0.29, 0.717) is 23.1 Å². The van der Waals surface area contributed by atoms with Crippen molar-refractivity contribution in [2.24, 2.45) is 0 Å². The van der Waals surface area contributed by atoms with Gasteiger partial charge in [-0.25, -0.2) is 0 Å². The lowest BCUT2D eigenvalue weighted by Gasteiger charge is -2.32. The minimum Gasteiger partial charge on any atom is -0.493 e. The highest BCUT2D eigenvalue weighted by Gasteiger charge is 2.31. The van der Waals surface area contributed by atoms with Gasteiger partial charge in [0.2, 0.25) is 11.8 Å². The normalized spacial score (nSPS) is 11.4. The van der Waals surface area contributed by atoms with Crippen LogP contribution in [0.2, 0.25) is 5.02 Å². The number of ether oxygens (including phenoxy) is 2. The first-order valence-electron chi connectivity index (χ1n) is 12.6. The third kappa shape index (κ3) is 7.39. The van der Waals surface area contributed by atoms with Crippen LogP contribution in [0.3, 0.4) is 0 Å². The molecular formula is C32H31ClN2O4. The van der Waals surface area contributed by atoms with Gasteiger partial charge in [-0.1, -0.05) is 90.5 Å². The lowest BCUT2D eigenvalue weighted by Crippen LogP contribution is -2.43. The maximum absolute atomic E-state index is 14.0. The van der Waals surface area contributed by atoms with Crippen LogP contribution in [-0.4, -0.2) is 30.9 Å². The molecular weight excluding hydrogens is 512 g/mol. The summed E-state index contributed by atoms with van der Waals surface area (Å²) in [6, 6.07) is 30.9. The minimum absolute atomic E-state index is 0.0843. The molecule has 0 bridgehead atoms. The molecule has 0 radical (unpaired) electrons. The summed E-state index contributed by atoms with van der Waals surface area (Å²) < 4.78 is 10.8. The summed E-state index contributed by atoms with van der Waals surface area (Å²) in [7, 11) is 3.12. The summed E-state index contributed by atoms with van der Waals surface area (Å²) in [4.78, 5) is 29.4. The molecule has 4 rings (SSSR count). The molecule has 0 fully saturated rings. The predicted molar refractivity (Wildman–Crippen MR) is 153 cm³/mol. The summed E-state index contributed by atoms with van der Waals surface area (Å²) in [5, 5.41) is 3.65. The van der Waals surface area contributed by atoms with Gasteiger partial charge in [-0.05, 0) is 46.5 Å². The first-order valence-corrected chi connectivity index (χ1v) is 13.0. The van der Waals surface area contributed by atoms with Crippen LogP contribution in [0.15, 0.2) is 103 Å². The maximum Gasteiger partial charge on any atom is 0.247 e. The molecule has 0 heterocycles. The van der Waals surface area contributed by atoms with Crippen molar-refractivity contribution < 1.29 is 19.1 Å². The number of methoxy groups -OCH3 is 2. The van der Waals surface area contributed by atoms with Gasteiger partial charge in [-0.3, -0.25) is 9.59 Å². The van der Waals surface area contributed by atoms with Gasteiger partial charge < -0.3 is 19.7 Å². The van der Waals surface area contributed by atoms with Gasteiger partial charge >= 0.3 is 0 Å². The molecule has 39 heavy (non-hydrogen) atoms. The van der Waals surface area contributed by atoms with E-state index in [4.69, 9.17) is 21.1 Å². The van der Waals surface area contributed by atoms with Gasteiger partial charge in [0.25, 0.3) is 0 Å². The van der Waals surface area contributed by atoms with Gasteiger partial charge in [0.05, 0.1) is 20.6 Å². The molecule has 0 unspecified atom stereocenters. The number of hydrogen-bond acceptors (Lipinski definition) is 4. The number of amides is 2. The standard InChI is InChI=1S/C32H31ClN2O4/c1-38-28-18-15-25(19-29(28)39-2)20-30(36)35(22-24-9-5-3-6-10-24)31(26-11-7-4-8-12-26)32(37)34-21-23-13-16-27(33)17-14-23/h3-19,31H,20-22H2,1-2H3,(H,34,37)/t31-/m1/s1. The van der Waals surface area contributed by atoms with Crippen molar-refractivity contribution in [1.29, 1.82) is 0 Å². The number of hydrogen-bond donors (Lipinski definition) is 1. The van der Waals surface area contributed by atoms with Gasteiger partial charge in [0.15, 0.2) is 11.5 Å². The van der Waals surface area contributed by atoms with Crippen LogP contribution in [0.5, 0.6) is 11.5 Å². The maximum atomic E-state index is 14.0. The van der Waals surface area contributed by atoms with Crippen molar-refractivity contribution in [2.45, 2.75) is 25.6 Å². The zero-order valence-corrected chi connectivity index (χ0v) is 22.7. The van der Waals surface area contributed by atoms with Crippen LogP contribution in [0.1, 0.15) is 28.3 Å². The average Bonchev–Trinajstić information content (AvgIpc) is 2.97. The van der Waals surface area contributed by atoms with E-state index < -0.39 is 6.04 Å². The van der Waals surface area contributed by atoms with Crippen LogP contribution >= 0.6 is 11.6 Å². The fourth-order valence-electron chi connectivity index (χ4n) is 4.37. The number of carbonyl (C=O) groups is 2. The molecule has 0 aromatic heterocycles. The average molecular weight is 543 g/mol. The number of halogens is 1. The molecule has 4 aromatic carbocycles. The minimum atomic E-state index is -0.841. The Bertz CT molecular complexity index is 1380. The second-order valence-electron chi connectivity index (χ2n) is 9.03. The highest BCUT2D eigenvalue weighted by Crippen LogP contribution is 2.29. The van der Waals surface area contributed by atoms with E-state index in [-0.39, 0.29) is 24.8 Å². The van der Waals surface area contributed by atoms with E-state index in [2.05, 4.69) is 5.32 Å². The zero-order valence-electron chi connectivity index (χ0n) is 22.0. The number of nitrogens with one attached hydrogen (secondary N) is 1. The second-order valence-corrected chi connectivity index (χ2v) is 9.47. The van der Waals surface area contributed by atoms with Gasteiger partial charge in [-0.2, -0.15) is 0 Å². The largest absolute Gasteiger partial charge is 0.493 e. The molecule has 6 nitrogen and oxygen atoms in total. The van der Waals surface area contributed by atoms with Gasteiger partial charge in [0, 0.05) is 18.1 Å². The third-order valence-electron chi connectivity index (χ3n) is 6.37. The Balaban J connectivity index is 1.66. The molecule has 4 aromatic rings. The SMILES string of the molecule is COc1ccc(CC(=O)N(Cc2ccccc2)[C@@H](C(=O)NCc2ccc(Cl)cc2)c2ccccc2)cc1OC. The van der Waals surface area contributed by atoms with E-state index in [1.807, 2.05) is 78.9 Å². The van der Waals surface area contributed by atoms with E-state index in [9.17, 15) is 9.59 Å². The van der Waals surface area contributed by atoms with Crippen LogP contribution in [0, 0.1) is 0 Å². The summed E-state index contributed by atoms with van der Waals surface area (Å²) in [6.45, 7) is 0.573. The fraction of sp³-hybridized carbons (Fsp3) is 0.188. The summed E-state index contributed by atoms with van der Waals surface area (Å²) in [5.41, 5.74) is 3.31. The van der Waals surface area contributed by atoms with E-state index in [1.165, 1.54) is 0 Å². The van der Waals surface area contributed by atoms with Crippen LogP contribution in [0.4, 0.5) is 0 Å². The molecule has 7 heteroatoms. The van der Waals surface area contributed by atoms with Gasteiger partial charge in [-0.15, -0.1) is 0 Å². The number of nitrogens with zero attached hydrogens (tertiary/aromatic N) is 1. The highest BCUT2D eigenvalue weighted by molar-refractivity contribution is 6.30. The monoisotopic (exact) mass is 542 g/mol. The molecule has 0 aliphatic carbocycles. The molecule has 0 aliphatic rings. The number of benzene rings is 4. The van der Waals surface area contributed by atoms with E-state index in [0.717, 1.165) is 22.3 Å². The Morgan fingerprint density at radius 1 is 0.769 bits per heavy atom. The summed E-state index contributed by atoms with van der Waals surface area (Å²) >= 11 is 6.01. The lowest BCUT2D eigenvalue weighted by molar-refractivity contribution is -0.141. The fourth-order valence-corrected chi connectivity index (χ4v) is 4.49. The Labute approximate surface area is 234 Å². The van der Waals surface area contributed by atoms with Crippen LogP contribution in [-0.2, 0) is 29.1 Å². The molecule has 200 valence electrons. The Morgan fingerprint density at radius 3 is 2.03 bits per heavy atom. The Kier molecular flexibility index (Phi) is 9.59. The molecule has 1 atom stereocenters. The molecule has 0 saturated heterocycles. The smallest absolute Gasteiger partial charge is 0.247 e. The molecule has 0 spiro atoms. The van der Waals surface area contributed by atoms with E-state index in [1.54, 1.807) is 43.4 Å². The molecule has 2 amide bonds. The van der Waals surface area contributed by atoms with Crippen molar-refractivity contribution >= 4 is 23.4 Å². The quantitative estimate of drug-likeness (QED) is 0.253. The Hall–Kier alpha value is -4.29. The topological polar surface area (TPSA) is 67.9 Å². The van der Waals surface area contributed by atoms with Crippen molar-refractivity contribution in [3.8, 4) is 11.5 Å². The van der Waals surface area contributed by atoms with Crippen LogP contribution in [0.25, 0.3) is 0 Å². The summed E-state index contributed by atoms with van der Waals surface area (Å²) in [5.74, 6) is 0.658. The summed E-state index contributed by atoms with van der Waals surface area (Å²) in [6.07, 6.45) is 0.0843. The number of carbonyl (C=O) groups excluding carboxylic acids is 2. The number of rotatable bonds is 11. The van der Waals surface area contributed by atoms with Crippen LogP contribution < -0.4 is 14.8 Å². The third-order valence-corrected chi connectivity index (χ3v) is 6.63. The Morgan fingerprint density at radius 2 is 1.38 bits per heavy atom. The molecule has 0 saturated carbocycles. The van der Waals surface area contributed by atoms with E-state index >= 15 is 0 Å².